The van der Waals surface area contributed by atoms with E-state index in [0.29, 0.717) is 5.92 Å². The summed E-state index contributed by atoms with van der Waals surface area (Å²) in [6.07, 6.45) is 1.33. The summed E-state index contributed by atoms with van der Waals surface area (Å²) in [4.78, 5) is 17.3. The molecular formula is C26H35N3O2. The Morgan fingerprint density at radius 1 is 1.16 bits per heavy atom. The van der Waals surface area contributed by atoms with Gasteiger partial charge in [-0.05, 0) is 63.1 Å². The number of nitrogens with zero attached hydrogens (tertiary/aromatic N) is 2. The van der Waals surface area contributed by atoms with E-state index >= 15 is 0 Å². The molecule has 31 heavy (non-hydrogen) atoms. The van der Waals surface area contributed by atoms with Gasteiger partial charge < -0.3 is 10.1 Å². The Bertz CT molecular complexity index is 949. The number of pyridine rings is 1. The van der Waals surface area contributed by atoms with Crippen LogP contribution in [-0.2, 0) is 30.6 Å². The Hall–Kier alpha value is -2.87. The first kappa shape index (κ1) is 24.4. The van der Waals surface area contributed by atoms with Gasteiger partial charge in [-0.2, -0.15) is 5.26 Å². The van der Waals surface area contributed by atoms with E-state index in [1.54, 1.807) is 0 Å². The molecule has 5 nitrogen and oxygen atoms in total. The van der Waals surface area contributed by atoms with Gasteiger partial charge in [-0.3, -0.25) is 4.98 Å². The molecule has 1 aromatic carbocycles. The second kappa shape index (κ2) is 10.4. The molecule has 166 valence electrons. The van der Waals surface area contributed by atoms with Crippen LogP contribution in [0.2, 0.25) is 0 Å². The maximum Gasteiger partial charge on any atom is 0.407 e. The van der Waals surface area contributed by atoms with Gasteiger partial charge in [0.25, 0.3) is 0 Å². The maximum atomic E-state index is 12.4. The average Bonchev–Trinajstić information content (AvgIpc) is 2.66. The highest BCUT2D eigenvalue weighted by Crippen LogP contribution is 2.34. The summed E-state index contributed by atoms with van der Waals surface area (Å²) in [6.45, 7) is 14.3. The lowest BCUT2D eigenvalue weighted by atomic mass is 9.88. The fourth-order valence-corrected chi connectivity index (χ4v) is 3.59. The number of aryl methyl sites for hydroxylation is 2. The summed E-state index contributed by atoms with van der Waals surface area (Å²) in [7, 11) is 0. The van der Waals surface area contributed by atoms with Crippen molar-refractivity contribution in [2.24, 2.45) is 5.92 Å². The second-order valence-corrected chi connectivity index (χ2v) is 9.44. The first-order valence-electron chi connectivity index (χ1n) is 11.0. The fraction of sp³-hybridized carbons (Fsp3) is 0.500. The number of nitrogens with one attached hydrogen (secondary N) is 1. The quantitative estimate of drug-likeness (QED) is 0.603. The third-order valence-electron chi connectivity index (χ3n) is 4.93. The molecule has 0 atom stereocenters. The van der Waals surface area contributed by atoms with Crippen molar-refractivity contribution in [3.8, 4) is 17.2 Å². The van der Waals surface area contributed by atoms with E-state index in [1.165, 1.54) is 5.56 Å². The standard InChI is InChI=1S/C26H35N3O2/c1-8-22-20(13-14-27)24(19-11-9-18(4)10-12-19)21(23(28-22)15-17(2)3)16-31-25(30)29-26(5,6)7/h9-12,17H,8,13,15-16H2,1-7H3,(H,29,30). The van der Waals surface area contributed by atoms with Crippen LogP contribution in [0.3, 0.4) is 0 Å². The molecular weight excluding hydrogens is 386 g/mol. The predicted octanol–water partition coefficient (Wildman–Crippen LogP) is 5.91. The molecule has 1 aromatic heterocycles. The summed E-state index contributed by atoms with van der Waals surface area (Å²) in [5.41, 5.74) is 6.48. The molecule has 0 bridgehead atoms. The van der Waals surface area contributed by atoms with Crippen molar-refractivity contribution < 1.29 is 9.53 Å². The predicted molar refractivity (Wildman–Crippen MR) is 125 cm³/mol. The molecule has 0 aliphatic heterocycles. The van der Waals surface area contributed by atoms with Crippen LogP contribution in [0.5, 0.6) is 0 Å². The lowest BCUT2D eigenvalue weighted by Crippen LogP contribution is -2.40. The van der Waals surface area contributed by atoms with E-state index in [1.807, 2.05) is 20.8 Å². The third kappa shape index (κ3) is 6.82. The van der Waals surface area contributed by atoms with Crippen molar-refractivity contribution in [1.29, 1.82) is 5.26 Å². The van der Waals surface area contributed by atoms with Crippen LogP contribution in [0, 0.1) is 24.2 Å². The molecule has 1 amide bonds. The van der Waals surface area contributed by atoms with Gasteiger partial charge in [0.2, 0.25) is 0 Å². The number of alkyl carbamates (subject to hydrolysis) is 1. The van der Waals surface area contributed by atoms with Crippen LogP contribution in [0.1, 0.15) is 69.6 Å². The van der Waals surface area contributed by atoms with Gasteiger partial charge in [-0.25, -0.2) is 4.79 Å². The van der Waals surface area contributed by atoms with Gasteiger partial charge in [0, 0.05) is 22.5 Å². The zero-order valence-corrected chi connectivity index (χ0v) is 19.9. The summed E-state index contributed by atoms with van der Waals surface area (Å²) in [6, 6.07) is 10.6. The van der Waals surface area contributed by atoms with Crippen molar-refractivity contribution in [2.45, 2.75) is 79.9 Å². The number of aromatic nitrogens is 1. The van der Waals surface area contributed by atoms with Crippen LogP contribution < -0.4 is 5.32 Å². The van der Waals surface area contributed by atoms with Crippen molar-refractivity contribution in [3.05, 3.63) is 52.3 Å². The van der Waals surface area contributed by atoms with Crippen molar-refractivity contribution >= 4 is 6.09 Å². The minimum absolute atomic E-state index is 0.114. The van der Waals surface area contributed by atoms with Crippen LogP contribution in [0.25, 0.3) is 11.1 Å². The number of carbonyl (C=O) groups excluding carboxylic acids is 1. The Morgan fingerprint density at radius 3 is 2.32 bits per heavy atom. The number of hydrogen-bond donors (Lipinski definition) is 1. The van der Waals surface area contributed by atoms with Crippen LogP contribution >= 0.6 is 0 Å². The largest absolute Gasteiger partial charge is 0.445 e. The monoisotopic (exact) mass is 421 g/mol. The van der Waals surface area contributed by atoms with E-state index in [2.05, 4.69) is 63.3 Å². The first-order valence-corrected chi connectivity index (χ1v) is 11.0. The molecule has 2 rings (SSSR count). The molecule has 0 saturated heterocycles. The Morgan fingerprint density at radius 2 is 1.81 bits per heavy atom. The van der Waals surface area contributed by atoms with E-state index in [4.69, 9.17) is 9.72 Å². The van der Waals surface area contributed by atoms with Crippen molar-refractivity contribution in [1.82, 2.24) is 10.3 Å². The summed E-state index contributed by atoms with van der Waals surface area (Å²) in [5, 5.41) is 12.4. The van der Waals surface area contributed by atoms with Gasteiger partial charge in [0.15, 0.2) is 0 Å². The minimum atomic E-state index is -0.459. The molecule has 1 N–H and O–H groups in total. The van der Waals surface area contributed by atoms with Gasteiger partial charge in [0.1, 0.15) is 6.61 Å². The third-order valence-corrected chi connectivity index (χ3v) is 4.93. The molecule has 2 aromatic rings. The van der Waals surface area contributed by atoms with Gasteiger partial charge in [0.05, 0.1) is 12.5 Å². The minimum Gasteiger partial charge on any atom is -0.445 e. The van der Waals surface area contributed by atoms with E-state index in [-0.39, 0.29) is 18.6 Å². The molecule has 0 fully saturated rings. The molecule has 1 heterocycles. The summed E-state index contributed by atoms with van der Waals surface area (Å²) < 4.78 is 5.65. The molecule has 0 unspecified atom stereocenters. The summed E-state index contributed by atoms with van der Waals surface area (Å²) >= 11 is 0. The number of nitriles is 1. The Kier molecular flexibility index (Phi) is 8.21. The second-order valence-electron chi connectivity index (χ2n) is 9.44. The molecule has 0 aliphatic rings. The first-order chi connectivity index (χ1) is 14.6. The number of amides is 1. The van der Waals surface area contributed by atoms with E-state index in [0.717, 1.165) is 46.5 Å². The highest BCUT2D eigenvalue weighted by Gasteiger charge is 2.23. The van der Waals surface area contributed by atoms with E-state index in [9.17, 15) is 10.1 Å². The number of rotatable bonds is 7. The number of benzene rings is 1. The van der Waals surface area contributed by atoms with Gasteiger partial charge in [-0.15, -0.1) is 0 Å². The molecule has 0 saturated carbocycles. The SMILES string of the molecule is CCc1nc(CC(C)C)c(COC(=O)NC(C)(C)C)c(-c2ccc(C)cc2)c1CC#N. The molecule has 0 aliphatic carbocycles. The van der Waals surface area contributed by atoms with Crippen molar-refractivity contribution in [2.75, 3.05) is 0 Å². The smallest absolute Gasteiger partial charge is 0.407 e. The van der Waals surface area contributed by atoms with Crippen LogP contribution in [0.15, 0.2) is 24.3 Å². The van der Waals surface area contributed by atoms with E-state index < -0.39 is 6.09 Å². The highest BCUT2D eigenvalue weighted by molar-refractivity contribution is 5.74. The molecule has 0 spiro atoms. The number of hydrogen-bond acceptors (Lipinski definition) is 4. The van der Waals surface area contributed by atoms with Gasteiger partial charge in [-0.1, -0.05) is 50.6 Å². The lowest BCUT2D eigenvalue weighted by molar-refractivity contribution is 0.131. The topological polar surface area (TPSA) is 75.0 Å². The summed E-state index contributed by atoms with van der Waals surface area (Å²) in [5.74, 6) is 0.395. The Balaban J connectivity index is 2.67. The van der Waals surface area contributed by atoms with Crippen LogP contribution in [0.4, 0.5) is 4.79 Å². The lowest BCUT2D eigenvalue weighted by Gasteiger charge is -2.23. The Labute approximate surface area is 186 Å². The fourth-order valence-electron chi connectivity index (χ4n) is 3.59. The normalized spacial score (nSPS) is 11.3. The number of carbonyl (C=O) groups is 1. The maximum absolute atomic E-state index is 12.4. The number of ether oxygens (including phenoxy) is 1. The van der Waals surface area contributed by atoms with Crippen molar-refractivity contribution in [3.63, 3.8) is 0 Å². The highest BCUT2D eigenvalue weighted by atomic mass is 16.5. The molecule has 5 heteroatoms. The van der Waals surface area contributed by atoms with Gasteiger partial charge >= 0.3 is 6.09 Å². The average molecular weight is 422 g/mol. The zero-order chi connectivity index (χ0) is 23.2. The zero-order valence-electron chi connectivity index (χ0n) is 19.9. The molecule has 0 radical (unpaired) electrons. The van der Waals surface area contributed by atoms with Crippen LogP contribution in [-0.4, -0.2) is 16.6 Å².